The van der Waals surface area contributed by atoms with E-state index in [1.54, 1.807) is 6.07 Å². The third-order valence-corrected chi connectivity index (χ3v) is 6.22. The van der Waals surface area contributed by atoms with Gasteiger partial charge in [-0.1, -0.05) is 13.0 Å². The van der Waals surface area contributed by atoms with Gasteiger partial charge in [0.15, 0.2) is 11.7 Å². The van der Waals surface area contributed by atoms with E-state index in [1.807, 2.05) is 6.92 Å². The fourth-order valence-corrected chi connectivity index (χ4v) is 4.57. The van der Waals surface area contributed by atoms with Gasteiger partial charge in [-0.15, -0.1) is 0 Å². The van der Waals surface area contributed by atoms with Crippen molar-refractivity contribution in [3.05, 3.63) is 34.7 Å². The summed E-state index contributed by atoms with van der Waals surface area (Å²) in [5.74, 6) is -0.588. The minimum Gasteiger partial charge on any atom is -0.465 e. The van der Waals surface area contributed by atoms with Gasteiger partial charge in [-0.2, -0.15) is 0 Å². The molecular formula is C23H34N3O3+. The van der Waals surface area contributed by atoms with Crippen LogP contribution in [0.4, 0.5) is 11.4 Å². The molecule has 0 aromatic heterocycles. The topological polar surface area (TPSA) is 59.8 Å². The van der Waals surface area contributed by atoms with Gasteiger partial charge in [0, 0.05) is 6.42 Å². The number of hydrogen-bond donors (Lipinski definition) is 1. The van der Waals surface area contributed by atoms with E-state index < -0.39 is 5.97 Å². The van der Waals surface area contributed by atoms with Crippen molar-refractivity contribution < 1.29 is 18.8 Å². The third kappa shape index (κ3) is 5.16. The number of amides is 1. The lowest BCUT2D eigenvalue weighted by Crippen LogP contribution is -2.60. The fourth-order valence-electron chi connectivity index (χ4n) is 4.57. The number of anilines is 1. The summed E-state index contributed by atoms with van der Waals surface area (Å²) in [6.07, 6.45) is 6.49. The van der Waals surface area contributed by atoms with E-state index in [0.29, 0.717) is 16.9 Å². The van der Waals surface area contributed by atoms with E-state index >= 15 is 0 Å². The van der Waals surface area contributed by atoms with Crippen LogP contribution in [0.1, 0.15) is 68.3 Å². The van der Waals surface area contributed by atoms with Gasteiger partial charge >= 0.3 is 5.97 Å². The molecule has 0 spiro atoms. The Hall–Kier alpha value is -2.39. The molecule has 1 aliphatic heterocycles. The first-order valence-electron chi connectivity index (χ1n) is 10.7. The van der Waals surface area contributed by atoms with Crippen LogP contribution in [0.25, 0.3) is 4.85 Å². The van der Waals surface area contributed by atoms with Crippen molar-refractivity contribution in [3.63, 3.8) is 0 Å². The van der Waals surface area contributed by atoms with Crippen LogP contribution in [0.15, 0.2) is 12.1 Å². The van der Waals surface area contributed by atoms with E-state index in [0.717, 1.165) is 49.8 Å². The normalized spacial score (nSPS) is 16.9. The number of rotatable bonds is 7. The molecule has 1 unspecified atom stereocenters. The first-order chi connectivity index (χ1) is 13.9. The Kier molecular flexibility index (Phi) is 8.21. The molecule has 6 heteroatoms. The average Bonchev–Trinajstić information content (AvgIpc) is 2.98. The van der Waals surface area contributed by atoms with Crippen LogP contribution < -0.4 is 5.32 Å². The Bertz CT molecular complexity index is 774. The van der Waals surface area contributed by atoms with Crippen LogP contribution in [0.5, 0.6) is 0 Å². The average molecular weight is 401 g/mol. The van der Waals surface area contributed by atoms with Crippen LogP contribution >= 0.6 is 0 Å². The maximum atomic E-state index is 13.5. The van der Waals surface area contributed by atoms with E-state index in [2.05, 4.69) is 24.0 Å². The molecule has 1 saturated heterocycles. The first-order valence-corrected chi connectivity index (χ1v) is 10.7. The maximum Gasteiger partial charge on any atom is 0.338 e. The van der Waals surface area contributed by atoms with Crippen LogP contribution in [0.3, 0.4) is 0 Å². The number of methoxy groups -OCH3 is 1. The second-order valence-corrected chi connectivity index (χ2v) is 7.98. The van der Waals surface area contributed by atoms with Crippen molar-refractivity contribution in [2.45, 2.75) is 65.3 Å². The summed E-state index contributed by atoms with van der Waals surface area (Å²) in [7, 11) is 1.31. The Balaban J connectivity index is 2.42. The molecule has 6 nitrogen and oxygen atoms in total. The summed E-state index contributed by atoms with van der Waals surface area (Å²) < 4.78 is 5.71. The second-order valence-electron chi connectivity index (χ2n) is 7.98. The number of quaternary nitrogens is 1. The molecule has 0 radical (unpaired) electrons. The zero-order valence-corrected chi connectivity index (χ0v) is 18.2. The van der Waals surface area contributed by atoms with Crippen molar-refractivity contribution in [2.75, 3.05) is 32.1 Å². The molecule has 1 N–H and O–H groups in total. The smallest absolute Gasteiger partial charge is 0.338 e. The minimum absolute atomic E-state index is 0.0422. The maximum absolute atomic E-state index is 13.5. The lowest BCUT2D eigenvalue weighted by molar-refractivity contribution is -0.940. The molecule has 1 aliphatic rings. The highest BCUT2D eigenvalue weighted by molar-refractivity contribution is 6.04. The van der Waals surface area contributed by atoms with Crippen molar-refractivity contribution in [3.8, 4) is 0 Å². The Labute approximate surface area is 174 Å². The zero-order valence-electron chi connectivity index (χ0n) is 18.2. The summed E-state index contributed by atoms with van der Waals surface area (Å²) in [5, 5.41) is 3.05. The number of hydrogen-bond acceptors (Lipinski definition) is 3. The number of benzene rings is 1. The predicted molar refractivity (Wildman–Crippen MR) is 115 cm³/mol. The van der Waals surface area contributed by atoms with Gasteiger partial charge in [0.1, 0.15) is 0 Å². The monoisotopic (exact) mass is 400 g/mol. The molecule has 0 bridgehead atoms. The van der Waals surface area contributed by atoms with Gasteiger partial charge < -0.3 is 14.5 Å². The highest BCUT2D eigenvalue weighted by atomic mass is 16.5. The lowest BCUT2D eigenvalue weighted by Gasteiger charge is -2.43. The molecule has 0 saturated carbocycles. The van der Waals surface area contributed by atoms with Crippen LogP contribution in [0.2, 0.25) is 0 Å². The van der Waals surface area contributed by atoms with Crippen molar-refractivity contribution in [2.24, 2.45) is 0 Å². The number of nitrogens with one attached hydrogen (secondary N) is 1. The van der Waals surface area contributed by atoms with Crippen molar-refractivity contribution in [1.82, 2.24) is 0 Å². The summed E-state index contributed by atoms with van der Waals surface area (Å²) in [4.78, 5) is 29.3. The molecule has 1 atom stereocenters. The Morgan fingerprint density at radius 2 is 1.86 bits per heavy atom. The predicted octanol–water partition coefficient (Wildman–Crippen LogP) is 4.85. The molecule has 2 rings (SSSR count). The number of esters is 1. The van der Waals surface area contributed by atoms with Crippen molar-refractivity contribution in [1.29, 1.82) is 0 Å². The van der Waals surface area contributed by atoms with E-state index in [4.69, 9.17) is 11.3 Å². The number of nitrogens with zero attached hydrogens (tertiary/aromatic N) is 2. The molecule has 1 aromatic carbocycles. The molecule has 158 valence electrons. The van der Waals surface area contributed by atoms with Crippen LogP contribution in [0, 0.1) is 13.5 Å². The number of ether oxygens (including phenoxy) is 1. The molecular weight excluding hydrogens is 366 g/mol. The largest absolute Gasteiger partial charge is 0.465 e. The summed E-state index contributed by atoms with van der Waals surface area (Å²) >= 11 is 0. The zero-order chi connectivity index (χ0) is 21.4. The number of carbonyl (C=O) groups is 2. The van der Waals surface area contributed by atoms with E-state index in [-0.39, 0.29) is 17.5 Å². The van der Waals surface area contributed by atoms with Gasteiger partial charge in [0.05, 0.1) is 44.6 Å². The van der Waals surface area contributed by atoms with Gasteiger partial charge in [0.2, 0.25) is 0 Å². The minimum atomic E-state index is -0.546. The third-order valence-electron chi connectivity index (χ3n) is 6.22. The molecule has 0 aliphatic carbocycles. The first kappa shape index (κ1) is 22.9. The van der Waals surface area contributed by atoms with E-state index in [1.165, 1.54) is 26.0 Å². The summed E-state index contributed by atoms with van der Waals surface area (Å²) in [6, 6.07) is 3.04. The number of carbonyl (C=O) groups excluding carboxylic acids is 2. The second kappa shape index (κ2) is 10.4. The van der Waals surface area contributed by atoms with Gasteiger partial charge in [-0.25, -0.2) is 9.64 Å². The standard InChI is InChI=1S/C23H33N3O3/c1-6-12-20(26(7-2)13-10-8-9-11-14-26)22(27)25-21-17(3)15-18(24-4)16-19(21)23(28)29-5/h15-16,20H,6-14H2,1-3,5H3/p+1. The number of likely N-dealkylation sites (N-methyl/N-ethyl adjacent to an activating group) is 1. The molecule has 29 heavy (non-hydrogen) atoms. The van der Waals surface area contributed by atoms with Crippen molar-refractivity contribution >= 4 is 23.3 Å². The lowest BCUT2D eigenvalue weighted by atomic mass is 10.0. The molecule has 1 aromatic rings. The summed E-state index contributed by atoms with van der Waals surface area (Å²) in [6.45, 7) is 16.3. The molecule has 1 amide bonds. The quantitative estimate of drug-likeness (QED) is 0.404. The van der Waals surface area contributed by atoms with Gasteiger partial charge in [0.25, 0.3) is 5.91 Å². The highest BCUT2D eigenvalue weighted by Crippen LogP contribution is 2.30. The number of aryl methyl sites for hydroxylation is 1. The SMILES string of the molecule is [C-]#[N+]c1cc(C)c(NC(=O)C(CCC)[N+]2(CC)CCCCCC2)c(C(=O)OC)c1. The van der Waals surface area contributed by atoms with E-state index in [9.17, 15) is 9.59 Å². The van der Waals surface area contributed by atoms with Gasteiger partial charge in [-0.3, -0.25) is 4.79 Å². The summed E-state index contributed by atoms with van der Waals surface area (Å²) in [5.41, 5.74) is 1.75. The highest BCUT2D eigenvalue weighted by Gasteiger charge is 2.40. The fraction of sp³-hybridized carbons (Fsp3) is 0.609. The van der Waals surface area contributed by atoms with Crippen LogP contribution in [-0.4, -0.2) is 49.1 Å². The van der Waals surface area contributed by atoms with Crippen LogP contribution in [-0.2, 0) is 9.53 Å². The van der Waals surface area contributed by atoms with Gasteiger partial charge in [-0.05, 0) is 57.6 Å². The molecule has 1 fully saturated rings. The Morgan fingerprint density at radius 1 is 1.21 bits per heavy atom. The Morgan fingerprint density at radius 3 is 2.38 bits per heavy atom. The number of likely N-dealkylation sites (tertiary alicyclic amines) is 1. The molecule has 1 heterocycles.